The Bertz CT molecular complexity index is 265. The van der Waals surface area contributed by atoms with Gasteiger partial charge in [0.05, 0.1) is 6.04 Å². The standard InChI is InChI=1S/C11H18ClF2NO/c1-11(2,3)9(16)6-5-15-8(10(13)14)4-7(6)12/h6-8,10,15H,4-5H2,1-3H3. The van der Waals surface area contributed by atoms with Gasteiger partial charge in [-0.2, -0.15) is 0 Å². The van der Waals surface area contributed by atoms with E-state index in [4.69, 9.17) is 11.6 Å². The van der Waals surface area contributed by atoms with Crippen LogP contribution in [-0.4, -0.2) is 30.2 Å². The highest BCUT2D eigenvalue weighted by Gasteiger charge is 2.40. The van der Waals surface area contributed by atoms with E-state index in [1.54, 1.807) is 0 Å². The first-order chi connectivity index (χ1) is 7.23. The summed E-state index contributed by atoms with van der Waals surface area (Å²) in [5, 5.41) is 2.20. The van der Waals surface area contributed by atoms with Crippen molar-refractivity contribution in [3.8, 4) is 0 Å². The van der Waals surface area contributed by atoms with Crippen molar-refractivity contribution in [2.24, 2.45) is 11.3 Å². The van der Waals surface area contributed by atoms with E-state index in [0.717, 1.165) is 0 Å². The van der Waals surface area contributed by atoms with E-state index >= 15 is 0 Å². The van der Waals surface area contributed by atoms with Crippen LogP contribution in [0.3, 0.4) is 0 Å². The number of rotatable bonds is 2. The maximum atomic E-state index is 12.4. The zero-order valence-corrected chi connectivity index (χ0v) is 10.5. The lowest BCUT2D eigenvalue weighted by Crippen LogP contribution is -2.52. The van der Waals surface area contributed by atoms with Crippen LogP contribution >= 0.6 is 11.6 Å². The van der Waals surface area contributed by atoms with Gasteiger partial charge in [0.2, 0.25) is 0 Å². The van der Waals surface area contributed by atoms with E-state index in [2.05, 4.69) is 5.32 Å². The summed E-state index contributed by atoms with van der Waals surface area (Å²) in [4.78, 5) is 12.0. The molecule has 0 bridgehead atoms. The summed E-state index contributed by atoms with van der Waals surface area (Å²) in [5.41, 5.74) is -0.475. The molecule has 3 unspecified atom stereocenters. The van der Waals surface area contributed by atoms with Crippen LogP contribution in [0, 0.1) is 11.3 Å². The third-order valence-electron chi connectivity index (χ3n) is 2.90. The van der Waals surface area contributed by atoms with Crippen molar-refractivity contribution in [3.63, 3.8) is 0 Å². The van der Waals surface area contributed by atoms with Crippen LogP contribution in [-0.2, 0) is 4.79 Å². The van der Waals surface area contributed by atoms with Crippen LogP contribution in [0.4, 0.5) is 8.78 Å². The lowest BCUT2D eigenvalue weighted by molar-refractivity contribution is -0.131. The Morgan fingerprint density at radius 2 is 2.00 bits per heavy atom. The normalized spacial score (nSPS) is 31.8. The van der Waals surface area contributed by atoms with Gasteiger partial charge in [0.1, 0.15) is 5.78 Å². The quantitative estimate of drug-likeness (QED) is 0.766. The molecule has 3 atom stereocenters. The Balaban J connectivity index is 2.64. The van der Waals surface area contributed by atoms with Crippen molar-refractivity contribution in [3.05, 3.63) is 0 Å². The molecule has 16 heavy (non-hydrogen) atoms. The minimum Gasteiger partial charge on any atom is -0.308 e. The highest BCUT2D eigenvalue weighted by atomic mass is 35.5. The summed E-state index contributed by atoms with van der Waals surface area (Å²) in [7, 11) is 0. The molecule has 1 aliphatic rings. The van der Waals surface area contributed by atoms with Crippen LogP contribution < -0.4 is 5.32 Å². The number of nitrogens with one attached hydrogen (secondary N) is 1. The molecule has 0 aliphatic carbocycles. The number of piperidine rings is 1. The highest BCUT2D eigenvalue weighted by Crippen LogP contribution is 2.30. The smallest absolute Gasteiger partial charge is 0.253 e. The zero-order chi connectivity index (χ0) is 12.5. The van der Waals surface area contributed by atoms with Crippen LogP contribution in [0.2, 0.25) is 0 Å². The Morgan fingerprint density at radius 1 is 1.44 bits per heavy atom. The van der Waals surface area contributed by atoms with Crippen molar-refractivity contribution < 1.29 is 13.6 Å². The van der Waals surface area contributed by atoms with Crippen molar-refractivity contribution in [2.45, 2.75) is 45.0 Å². The molecule has 0 saturated carbocycles. The summed E-state index contributed by atoms with van der Waals surface area (Å²) < 4.78 is 24.9. The molecule has 1 saturated heterocycles. The van der Waals surface area contributed by atoms with Crippen molar-refractivity contribution in [2.75, 3.05) is 6.54 Å². The van der Waals surface area contributed by atoms with E-state index in [-0.39, 0.29) is 24.7 Å². The first-order valence-corrected chi connectivity index (χ1v) is 5.87. The Hall–Kier alpha value is -0.220. The fraction of sp³-hybridized carbons (Fsp3) is 0.909. The molecule has 1 rings (SSSR count). The molecule has 0 radical (unpaired) electrons. The molecular formula is C11H18ClF2NO. The Morgan fingerprint density at radius 3 is 2.38 bits per heavy atom. The molecule has 0 aromatic carbocycles. The number of hydrogen-bond donors (Lipinski definition) is 1. The molecule has 1 N–H and O–H groups in total. The van der Waals surface area contributed by atoms with Gasteiger partial charge in [-0.1, -0.05) is 20.8 Å². The number of ketones is 1. The second-order valence-electron chi connectivity index (χ2n) is 5.32. The number of halogens is 3. The summed E-state index contributed by atoms with van der Waals surface area (Å²) in [6.07, 6.45) is -2.28. The third-order valence-corrected chi connectivity index (χ3v) is 3.38. The largest absolute Gasteiger partial charge is 0.308 e. The van der Waals surface area contributed by atoms with Gasteiger partial charge in [-0.15, -0.1) is 11.6 Å². The van der Waals surface area contributed by atoms with Crippen molar-refractivity contribution in [1.29, 1.82) is 0 Å². The summed E-state index contributed by atoms with van der Waals surface area (Å²) in [6.45, 7) is 5.70. The predicted octanol–water partition coefficient (Wildman–Crippen LogP) is 2.45. The molecule has 0 aromatic rings. The van der Waals surface area contributed by atoms with E-state index < -0.39 is 23.3 Å². The minimum atomic E-state index is -2.42. The number of Topliss-reactive ketones (excluding diaryl/α,β-unsaturated/α-hetero) is 1. The lowest BCUT2D eigenvalue weighted by atomic mass is 9.79. The first-order valence-electron chi connectivity index (χ1n) is 5.43. The van der Waals surface area contributed by atoms with Gasteiger partial charge in [0.15, 0.2) is 0 Å². The van der Waals surface area contributed by atoms with E-state index in [9.17, 15) is 13.6 Å². The Kier molecular flexibility index (Phi) is 4.29. The van der Waals surface area contributed by atoms with Gasteiger partial charge < -0.3 is 5.32 Å². The molecule has 0 spiro atoms. The molecule has 5 heteroatoms. The fourth-order valence-electron chi connectivity index (χ4n) is 1.90. The second kappa shape index (κ2) is 4.96. The van der Waals surface area contributed by atoms with Gasteiger partial charge >= 0.3 is 0 Å². The van der Waals surface area contributed by atoms with Gasteiger partial charge in [0, 0.05) is 23.3 Å². The molecule has 0 amide bonds. The maximum Gasteiger partial charge on any atom is 0.253 e. The number of alkyl halides is 3. The second-order valence-corrected chi connectivity index (χ2v) is 5.88. The van der Waals surface area contributed by atoms with Crippen molar-refractivity contribution in [1.82, 2.24) is 5.32 Å². The van der Waals surface area contributed by atoms with Crippen molar-refractivity contribution >= 4 is 17.4 Å². The highest BCUT2D eigenvalue weighted by molar-refractivity contribution is 6.22. The van der Waals surface area contributed by atoms with E-state index in [0.29, 0.717) is 0 Å². The summed E-state index contributed by atoms with van der Waals surface area (Å²) in [5.74, 6) is -0.329. The fourth-order valence-corrected chi connectivity index (χ4v) is 2.30. The maximum absolute atomic E-state index is 12.4. The predicted molar refractivity (Wildman–Crippen MR) is 60.0 cm³/mol. The lowest BCUT2D eigenvalue weighted by Gasteiger charge is -2.35. The molecule has 0 aromatic heterocycles. The molecule has 1 fully saturated rings. The van der Waals surface area contributed by atoms with Crippen LogP contribution in [0.15, 0.2) is 0 Å². The Labute approximate surface area is 99.7 Å². The number of carbonyl (C=O) groups excluding carboxylic acids is 1. The minimum absolute atomic E-state index is 0.0349. The number of carbonyl (C=O) groups is 1. The zero-order valence-electron chi connectivity index (χ0n) is 9.77. The molecule has 1 aliphatic heterocycles. The van der Waals surface area contributed by atoms with Crippen LogP contribution in [0.5, 0.6) is 0 Å². The van der Waals surface area contributed by atoms with Crippen LogP contribution in [0.1, 0.15) is 27.2 Å². The van der Waals surface area contributed by atoms with E-state index in [1.165, 1.54) is 0 Å². The average Bonchev–Trinajstić information content (AvgIpc) is 2.15. The summed E-state index contributed by atoms with van der Waals surface area (Å²) in [6, 6.07) is -0.883. The monoisotopic (exact) mass is 253 g/mol. The van der Waals surface area contributed by atoms with Gasteiger partial charge in [0.25, 0.3) is 6.43 Å². The van der Waals surface area contributed by atoms with E-state index in [1.807, 2.05) is 20.8 Å². The van der Waals surface area contributed by atoms with Crippen LogP contribution in [0.25, 0.3) is 0 Å². The van der Waals surface area contributed by atoms with Gasteiger partial charge in [-0.25, -0.2) is 8.78 Å². The molecule has 1 heterocycles. The molecular weight excluding hydrogens is 236 g/mol. The summed E-state index contributed by atoms with van der Waals surface area (Å²) >= 11 is 6.03. The third kappa shape index (κ3) is 3.14. The number of hydrogen-bond acceptors (Lipinski definition) is 2. The van der Waals surface area contributed by atoms with Gasteiger partial charge in [-0.3, -0.25) is 4.79 Å². The topological polar surface area (TPSA) is 29.1 Å². The first kappa shape index (κ1) is 13.8. The SMILES string of the molecule is CC(C)(C)C(=O)C1CNC(C(F)F)CC1Cl. The molecule has 2 nitrogen and oxygen atoms in total. The average molecular weight is 254 g/mol. The van der Waals surface area contributed by atoms with Gasteiger partial charge in [-0.05, 0) is 6.42 Å². The molecule has 94 valence electrons.